The smallest absolute Gasteiger partial charge is 0.138 e. The molecule has 1 unspecified atom stereocenters. The number of aromatic nitrogens is 2. The van der Waals surface area contributed by atoms with E-state index in [4.69, 9.17) is 4.52 Å². The molecular weight excluding hydrogens is 262 g/mol. The predicted octanol–water partition coefficient (Wildman–Crippen LogP) is 3.69. The van der Waals surface area contributed by atoms with Crippen molar-refractivity contribution in [3.05, 3.63) is 59.1 Å². The molecule has 1 N–H and O–H groups in total. The molecule has 0 bridgehead atoms. The largest absolute Gasteiger partial charge is 0.361 e. The van der Waals surface area contributed by atoms with Gasteiger partial charge in [0.2, 0.25) is 0 Å². The van der Waals surface area contributed by atoms with Crippen LogP contribution in [-0.2, 0) is 6.54 Å². The Bertz CT molecular complexity index is 744. The summed E-state index contributed by atoms with van der Waals surface area (Å²) >= 11 is 0. The first kappa shape index (κ1) is 13.8. The fraction of sp³-hybridized carbons (Fsp3) is 0.294. The van der Waals surface area contributed by atoms with E-state index in [0.717, 1.165) is 29.1 Å². The molecule has 0 amide bonds. The Hall–Kier alpha value is -2.20. The van der Waals surface area contributed by atoms with E-state index in [1.807, 2.05) is 26.1 Å². The van der Waals surface area contributed by atoms with Crippen LogP contribution in [0.5, 0.6) is 0 Å². The Morgan fingerprint density at radius 3 is 2.86 bits per heavy atom. The van der Waals surface area contributed by atoms with Gasteiger partial charge in [-0.25, -0.2) is 0 Å². The van der Waals surface area contributed by atoms with Crippen molar-refractivity contribution >= 4 is 10.9 Å². The van der Waals surface area contributed by atoms with E-state index in [2.05, 4.69) is 46.6 Å². The van der Waals surface area contributed by atoms with Gasteiger partial charge in [0, 0.05) is 29.7 Å². The number of hydrogen-bond acceptors (Lipinski definition) is 4. The topological polar surface area (TPSA) is 51.0 Å². The van der Waals surface area contributed by atoms with Crippen molar-refractivity contribution in [3.63, 3.8) is 0 Å². The molecule has 0 aliphatic rings. The molecule has 3 aromatic rings. The van der Waals surface area contributed by atoms with Gasteiger partial charge in [0.25, 0.3) is 0 Å². The Labute approximate surface area is 124 Å². The highest BCUT2D eigenvalue weighted by molar-refractivity contribution is 5.78. The summed E-state index contributed by atoms with van der Waals surface area (Å²) in [6.07, 6.45) is 1.82. The SMILES string of the molecule is Cc1noc(C)c1C(C)NCc1ccc2ncccc2c1. The molecule has 0 aliphatic carbocycles. The Balaban J connectivity index is 1.74. The second kappa shape index (κ2) is 5.66. The van der Waals surface area contributed by atoms with Crippen LogP contribution in [0.4, 0.5) is 0 Å². The number of rotatable bonds is 4. The van der Waals surface area contributed by atoms with Gasteiger partial charge in [0.15, 0.2) is 0 Å². The maximum absolute atomic E-state index is 5.23. The third-order valence-electron chi connectivity index (χ3n) is 3.80. The second-order valence-corrected chi connectivity index (χ2v) is 5.37. The number of pyridine rings is 1. The molecule has 2 aromatic heterocycles. The van der Waals surface area contributed by atoms with E-state index in [1.54, 1.807) is 0 Å². The Morgan fingerprint density at radius 1 is 1.24 bits per heavy atom. The van der Waals surface area contributed by atoms with Crippen LogP contribution in [0.1, 0.15) is 35.5 Å². The number of aryl methyl sites for hydroxylation is 2. The van der Waals surface area contributed by atoms with Crippen LogP contribution in [0, 0.1) is 13.8 Å². The molecule has 0 radical (unpaired) electrons. The summed E-state index contributed by atoms with van der Waals surface area (Å²) in [5, 5.41) is 8.71. The van der Waals surface area contributed by atoms with Crippen molar-refractivity contribution < 1.29 is 4.52 Å². The minimum atomic E-state index is 0.209. The average Bonchev–Trinajstić information content (AvgIpc) is 2.84. The predicted molar refractivity (Wildman–Crippen MR) is 83.0 cm³/mol. The van der Waals surface area contributed by atoms with Crippen LogP contribution in [0.15, 0.2) is 41.1 Å². The highest BCUT2D eigenvalue weighted by Gasteiger charge is 2.15. The zero-order valence-electron chi connectivity index (χ0n) is 12.6. The molecule has 3 rings (SSSR count). The van der Waals surface area contributed by atoms with Crippen LogP contribution >= 0.6 is 0 Å². The van der Waals surface area contributed by atoms with Gasteiger partial charge in [-0.1, -0.05) is 17.3 Å². The van der Waals surface area contributed by atoms with Gasteiger partial charge in [0.1, 0.15) is 5.76 Å². The molecule has 1 atom stereocenters. The number of nitrogens with one attached hydrogen (secondary N) is 1. The molecule has 0 fully saturated rings. The zero-order valence-corrected chi connectivity index (χ0v) is 12.6. The Morgan fingerprint density at radius 2 is 2.10 bits per heavy atom. The van der Waals surface area contributed by atoms with Crippen LogP contribution < -0.4 is 5.32 Å². The summed E-state index contributed by atoms with van der Waals surface area (Å²) in [5.41, 5.74) is 4.38. The van der Waals surface area contributed by atoms with E-state index in [1.165, 1.54) is 10.9 Å². The molecule has 21 heavy (non-hydrogen) atoms. The molecular formula is C17H19N3O. The van der Waals surface area contributed by atoms with Gasteiger partial charge in [-0.2, -0.15) is 0 Å². The van der Waals surface area contributed by atoms with Crippen LogP contribution in [-0.4, -0.2) is 10.1 Å². The molecule has 4 nitrogen and oxygen atoms in total. The highest BCUT2D eigenvalue weighted by atomic mass is 16.5. The first-order valence-corrected chi connectivity index (χ1v) is 7.15. The fourth-order valence-electron chi connectivity index (χ4n) is 2.72. The first-order valence-electron chi connectivity index (χ1n) is 7.15. The minimum Gasteiger partial charge on any atom is -0.361 e. The van der Waals surface area contributed by atoms with Crippen molar-refractivity contribution in [2.24, 2.45) is 0 Å². The summed E-state index contributed by atoms with van der Waals surface area (Å²) in [6.45, 7) is 6.87. The van der Waals surface area contributed by atoms with Crippen molar-refractivity contribution in [1.29, 1.82) is 0 Å². The quantitative estimate of drug-likeness (QED) is 0.792. The molecule has 108 valence electrons. The number of benzene rings is 1. The van der Waals surface area contributed by atoms with Crippen molar-refractivity contribution in [2.75, 3.05) is 0 Å². The maximum Gasteiger partial charge on any atom is 0.138 e. The third-order valence-corrected chi connectivity index (χ3v) is 3.80. The minimum absolute atomic E-state index is 0.209. The highest BCUT2D eigenvalue weighted by Crippen LogP contribution is 2.21. The summed E-state index contributed by atoms with van der Waals surface area (Å²) in [7, 11) is 0. The van der Waals surface area contributed by atoms with E-state index in [-0.39, 0.29) is 6.04 Å². The van der Waals surface area contributed by atoms with Crippen molar-refractivity contribution in [2.45, 2.75) is 33.4 Å². The summed E-state index contributed by atoms with van der Waals surface area (Å²) < 4.78 is 5.23. The average molecular weight is 281 g/mol. The van der Waals surface area contributed by atoms with E-state index in [0.29, 0.717) is 0 Å². The number of fused-ring (bicyclic) bond motifs is 1. The Kier molecular flexibility index (Phi) is 3.71. The first-order chi connectivity index (χ1) is 10.1. The normalized spacial score (nSPS) is 12.7. The maximum atomic E-state index is 5.23. The lowest BCUT2D eigenvalue weighted by Gasteiger charge is -2.14. The lowest BCUT2D eigenvalue weighted by atomic mass is 10.1. The van der Waals surface area contributed by atoms with Crippen molar-refractivity contribution in [1.82, 2.24) is 15.5 Å². The standard InChI is InChI=1S/C17H19N3O/c1-11(17-12(2)20-21-13(17)3)19-10-14-6-7-16-15(9-14)5-4-8-18-16/h4-9,11,19H,10H2,1-3H3. The van der Waals surface area contributed by atoms with E-state index in [9.17, 15) is 0 Å². The molecule has 1 aromatic carbocycles. The fourth-order valence-corrected chi connectivity index (χ4v) is 2.72. The second-order valence-electron chi connectivity index (χ2n) is 5.37. The molecule has 0 saturated heterocycles. The van der Waals surface area contributed by atoms with Gasteiger partial charge >= 0.3 is 0 Å². The van der Waals surface area contributed by atoms with Crippen LogP contribution in [0.25, 0.3) is 10.9 Å². The van der Waals surface area contributed by atoms with E-state index >= 15 is 0 Å². The third kappa shape index (κ3) is 2.81. The van der Waals surface area contributed by atoms with Crippen LogP contribution in [0.3, 0.4) is 0 Å². The summed E-state index contributed by atoms with van der Waals surface area (Å²) in [4.78, 5) is 4.34. The lowest BCUT2D eigenvalue weighted by Crippen LogP contribution is -2.19. The molecule has 2 heterocycles. The molecule has 0 saturated carbocycles. The van der Waals surface area contributed by atoms with Crippen molar-refractivity contribution in [3.8, 4) is 0 Å². The summed E-state index contributed by atoms with van der Waals surface area (Å²) in [5.74, 6) is 0.884. The van der Waals surface area contributed by atoms with Gasteiger partial charge in [-0.05, 0) is 44.5 Å². The molecule has 0 spiro atoms. The number of hydrogen-bond donors (Lipinski definition) is 1. The summed E-state index contributed by atoms with van der Waals surface area (Å²) in [6, 6.07) is 10.6. The monoisotopic (exact) mass is 281 g/mol. The van der Waals surface area contributed by atoms with Gasteiger partial charge in [0.05, 0.1) is 11.2 Å². The molecule has 0 aliphatic heterocycles. The zero-order chi connectivity index (χ0) is 14.8. The molecule has 4 heteroatoms. The lowest BCUT2D eigenvalue weighted by molar-refractivity contribution is 0.390. The van der Waals surface area contributed by atoms with Crippen LogP contribution in [0.2, 0.25) is 0 Å². The number of nitrogens with zero attached hydrogens (tertiary/aromatic N) is 2. The van der Waals surface area contributed by atoms with E-state index < -0.39 is 0 Å². The van der Waals surface area contributed by atoms with Gasteiger partial charge in [-0.15, -0.1) is 0 Å². The van der Waals surface area contributed by atoms with Gasteiger partial charge < -0.3 is 9.84 Å². The van der Waals surface area contributed by atoms with Gasteiger partial charge in [-0.3, -0.25) is 4.98 Å².